The molecule has 10 heteroatoms. The summed E-state index contributed by atoms with van der Waals surface area (Å²) in [6, 6.07) is 15.0. The number of rotatable bonds is 12. The summed E-state index contributed by atoms with van der Waals surface area (Å²) in [5.74, 6) is -1.29. The Labute approximate surface area is 250 Å². The lowest BCUT2D eigenvalue weighted by molar-refractivity contribution is -0.143. The van der Waals surface area contributed by atoms with E-state index in [2.05, 4.69) is 5.32 Å². The van der Waals surface area contributed by atoms with Crippen molar-refractivity contribution in [2.75, 3.05) is 45.5 Å². The molecule has 2 aliphatic heterocycles. The van der Waals surface area contributed by atoms with E-state index in [0.29, 0.717) is 65.6 Å². The lowest BCUT2D eigenvalue weighted by Gasteiger charge is -2.28. The summed E-state index contributed by atoms with van der Waals surface area (Å²) in [4.78, 5) is 28.6. The Morgan fingerprint density at radius 2 is 1.74 bits per heavy atom. The second-order valence-electron chi connectivity index (χ2n) is 10.7. The Morgan fingerprint density at radius 3 is 2.44 bits per heavy atom. The number of aryl methyl sites for hydroxylation is 2. The number of fused-ring (bicyclic) bond motifs is 1. The zero-order valence-electron chi connectivity index (χ0n) is 24.6. The van der Waals surface area contributed by atoms with Gasteiger partial charge in [-0.3, -0.25) is 14.5 Å². The number of methoxy groups -OCH3 is 1. The molecule has 0 saturated carbocycles. The molecule has 0 aromatic heterocycles. The minimum absolute atomic E-state index is 0.0778. The van der Waals surface area contributed by atoms with E-state index < -0.39 is 23.8 Å². The Morgan fingerprint density at radius 1 is 1.02 bits per heavy atom. The standard InChI is InChI=1S/C33H37FN2O7/c1-4-20-14-23(34)15-21(5-2)31(20)35-29(37)18-36-17-25(22-10-11-27-28(16-22)43-19-42-27)30(33(38)39)32(36)24-8-6-7-9-26(24)41-13-12-40-3/h6-11,14-16,25,30,32H,4-5,12-13,17-19H2,1-3H3,(H,35,37)(H,38,39)/t25-,30?,32+/m1/s1. The highest BCUT2D eigenvalue weighted by Gasteiger charge is 2.49. The van der Waals surface area contributed by atoms with Crippen LogP contribution in [0.3, 0.4) is 0 Å². The van der Waals surface area contributed by atoms with E-state index in [0.717, 1.165) is 5.56 Å². The lowest BCUT2D eigenvalue weighted by Crippen LogP contribution is -2.35. The highest BCUT2D eigenvalue weighted by atomic mass is 19.1. The molecule has 9 nitrogen and oxygen atoms in total. The molecule has 3 aromatic rings. The molecule has 2 N–H and O–H groups in total. The summed E-state index contributed by atoms with van der Waals surface area (Å²) in [5.41, 5.74) is 3.48. The molecule has 1 unspecified atom stereocenters. The smallest absolute Gasteiger partial charge is 0.309 e. The number of anilines is 1. The van der Waals surface area contributed by atoms with Crippen molar-refractivity contribution in [2.45, 2.75) is 38.6 Å². The number of nitrogens with one attached hydrogen (secondary N) is 1. The van der Waals surface area contributed by atoms with E-state index in [9.17, 15) is 19.1 Å². The average Bonchev–Trinajstić information content (AvgIpc) is 3.62. The van der Waals surface area contributed by atoms with Crippen LogP contribution in [0.4, 0.5) is 10.1 Å². The number of benzene rings is 3. The van der Waals surface area contributed by atoms with Crippen LogP contribution < -0.4 is 19.5 Å². The minimum Gasteiger partial charge on any atom is -0.491 e. The van der Waals surface area contributed by atoms with Crippen LogP contribution in [-0.4, -0.2) is 62.1 Å². The van der Waals surface area contributed by atoms with Gasteiger partial charge in [0.2, 0.25) is 12.7 Å². The summed E-state index contributed by atoms with van der Waals surface area (Å²) in [6.45, 7) is 4.80. The third-order valence-electron chi connectivity index (χ3n) is 8.13. The monoisotopic (exact) mass is 592 g/mol. The number of carbonyl (C=O) groups excluding carboxylic acids is 1. The number of carboxylic acid groups (broad SMARTS) is 1. The molecular formula is C33H37FN2O7. The maximum absolute atomic E-state index is 14.2. The molecule has 0 spiro atoms. The molecular weight excluding hydrogens is 555 g/mol. The van der Waals surface area contributed by atoms with Crippen LogP contribution >= 0.6 is 0 Å². The minimum atomic E-state index is -0.984. The topological polar surface area (TPSA) is 107 Å². The number of aliphatic carboxylic acids is 1. The maximum atomic E-state index is 14.2. The number of hydrogen-bond donors (Lipinski definition) is 2. The fourth-order valence-corrected chi connectivity index (χ4v) is 6.14. The van der Waals surface area contributed by atoms with E-state index in [1.54, 1.807) is 19.2 Å². The van der Waals surface area contributed by atoms with Crippen LogP contribution in [0.1, 0.15) is 48.1 Å². The van der Waals surface area contributed by atoms with E-state index >= 15 is 0 Å². The number of hydrogen-bond acceptors (Lipinski definition) is 7. The van der Waals surface area contributed by atoms with Gasteiger partial charge in [0.15, 0.2) is 11.5 Å². The third-order valence-corrected chi connectivity index (χ3v) is 8.13. The molecule has 0 radical (unpaired) electrons. The van der Waals surface area contributed by atoms with Gasteiger partial charge in [-0.1, -0.05) is 38.1 Å². The SMILES string of the molecule is CCc1cc(F)cc(CC)c1NC(=O)CN1C[C@H](c2ccc3c(c2)OCO3)C(C(=O)O)[C@@H]1c1ccccc1OCCOC. The molecule has 2 aliphatic rings. The van der Waals surface area contributed by atoms with Crippen LogP contribution in [0, 0.1) is 11.7 Å². The Balaban J connectivity index is 1.51. The highest BCUT2D eigenvalue weighted by Crippen LogP contribution is 2.49. The molecule has 1 amide bonds. The van der Waals surface area contributed by atoms with Crippen molar-refractivity contribution in [3.63, 3.8) is 0 Å². The van der Waals surface area contributed by atoms with Gasteiger partial charge in [0.05, 0.1) is 25.1 Å². The predicted molar refractivity (Wildman–Crippen MR) is 158 cm³/mol. The first-order valence-electron chi connectivity index (χ1n) is 14.5. The number of likely N-dealkylation sites (tertiary alicyclic amines) is 1. The molecule has 3 atom stereocenters. The van der Waals surface area contributed by atoms with Crippen molar-refractivity contribution in [3.05, 3.63) is 82.7 Å². The van der Waals surface area contributed by atoms with Gasteiger partial charge >= 0.3 is 5.97 Å². The summed E-state index contributed by atoms with van der Waals surface area (Å²) >= 11 is 0. The van der Waals surface area contributed by atoms with Crippen LogP contribution in [0.2, 0.25) is 0 Å². The van der Waals surface area contributed by atoms with Crippen molar-refractivity contribution in [1.29, 1.82) is 0 Å². The zero-order chi connectivity index (χ0) is 30.5. The van der Waals surface area contributed by atoms with Gasteiger partial charge in [0.25, 0.3) is 0 Å². The summed E-state index contributed by atoms with van der Waals surface area (Å²) in [7, 11) is 1.58. The van der Waals surface area contributed by atoms with Gasteiger partial charge in [-0.25, -0.2) is 4.39 Å². The van der Waals surface area contributed by atoms with Gasteiger partial charge < -0.3 is 29.4 Å². The molecule has 5 rings (SSSR count). The Bertz CT molecular complexity index is 1450. The summed E-state index contributed by atoms with van der Waals surface area (Å²) < 4.78 is 36.4. The normalized spacial score (nSPS) is 19.4. The lowest BCUT2D eigenvalue weighted by atomic mass is 9.82. The van der Waals surface area contributed by atoms with Crippen molar-refractivity contribution in [3.8, 4) is 17.2 Å². The number of ether oxygens (including phenoxy) is 4. The third kappa shape index (κ3) is 6.45. The molecule has 3 aromatic carbocycles. The first kappa shape index (κ1) is 30.3. The van der Waals surface area contributed by atoms with Crippen molar-refractivity contribution >= 4 is 17.6 Å². The van der Waals surface area contributed by atoms with E-state index in [1.165, 1.54) is 12.1 Å². The largest absolute Gasteiger partial charge is 0.491 e. The summed E-state index contributed by atoms with van der Waals surface area (Å²) in [5, 5.41) is 13.7. The molecule has 228 valence electrons. The number of para-hydroxylation sites is 1. The van der Waals surface area contributed by atoms with Gasteiger partial charge in [0, 0.05) is 30.8 Å². The highest BCUT2D eigenvalue weighted by molar-refractivity contribution is 5.94. The second kappa shape index (κ2) is 13.4. The van der Waals surface area contributed by atoms with Crippen molar-refractivity contribution < 1.29 is 38.0 Å². The number of nitrogens with zero attached hydrogens (tertiary/aromatic N) is 1. The summed E-state index contributed by atoms with van der Waals surface area (Å²) in [6.07, 6.45) is 1.10. The fraction of sp³-hybridized carbons (Fsp3) is 0.394. The molecule has 43 heavy (non-hydrogen) atoms. The van der Waals surface area contributed by atoms with Gasteiger partial charge in [-0.05, 0) is 59.9 Å². The molecule has 1 saturated heterocycles. The molecule has 1 fully saturated rings. The van der Waals surface area contributed by atoms with Crippen LogP contribution in [0.15, 0.2) is 54.6 Å². The Hall–Kier alpha value is -4.15. The van der Waals surface area contributed by atoms with E-state index in [1.807, 2.05) is 49.1 Å². The number of carboxylic acids is 1. The van der Waals surface area contributed by atoms with Gasteiger partial charge in [0.1, 0.15) is 18.2 Å². The number of amides is 1. The quantitative estimate of drug-likeness (QED) is 0.277. The molecule has 0 bridgehead atoms. The van der Waals surface area contributed by atoms with Crippen LogP contribution in [0.25, 0.3) is 0 Å². The molecule has 0 aliphatic carbocycles. The van der Waals surface area contributed by atoms with Crippen LogP contribution in [0.5, 0.6) is 17.2 Å². The van der Waals surface area contributed by atoms with Crippen molar-refractivity contribution in [1.82, 2.24) is 4.90 Å². The van der Waals surface area contributed by atoms with E-state index in [-0.39, 0.29) is 31.7 Å². The van der Waals surface area contributed by atoms with Crippen LogP contribution in [-0.2, 0) is 27.2 Å². The van der Waals surface area contributed by atoms with Crippen molar-refractivity contribution in [2.24, 2.45) is 5.92 Å². The number of carbonyl (C=O) groups is 2. The average molecular weight is 593 g/mol. The predicted octanol–water partition coefficient (Wildman–Crippen LogP) is 5.18. The van der Waals surface area contributed by atoms with Gasteiger partial charge in [-0.2, -0.15) is 0 Å². The first-order valence-corrected chi connectivity index (χ1v) is 14.5. The first-order chi connectivity index (χ1) is 20.8. The maximum Gasteiger partial charge on any atom is 0.309 e. The number of halogens is 1. The van der Waals surface area contributed by atoms with E-state index in [4.69, 9.17) is 18.9 Å². The Kier molecular flexibility index (Phi) is 9.47. The zero-order valence-corrected chi connectivity index (χ0v) is 24.6. The second-order valence-corrected chi connectivity index (χ2v) is 10.7. The van der Waals surface area contributed by atoms with Gasteiger partial charge in [-0.15, -0.1) is 0 Å². The molecule has 2 heterocycles. The fourth-order valence-electron chi connectivity index (χ4n) is 6.14.